The molecule has 0 fully saturated rings. The van der Waals surface area contributed by atoms with E-state index in [1.165, 1.54) is 12.1 Å². The first-order valence-electron chi connectivity index (χ1n) is 6.10. The highest BCUT2D eigenvalue weighted by Gasteiger charge is 2.30. The first-order chi connectivity index (χ1) is 9.93. The van der Waals surface area contributed by atoms with Gasteiger partial charge in [-0.05, 0) is 25.1 Å². The van der Waals surface area contributed by atoms with Crippen LogP contribution in [0, 0.1) is 11.8 Å². The summed E-state index contributed by atoms with van der Waals surface area (Å²) >= 11 is 0. The van der Waals surface area contributed by atoms with Gasteiger partial charge in [0.05, 0.1) is 18.7 Å². The molecule has 114 valence electrons. The van der Waals surface area contributed by atoms with Crippen LogP contribution in [0.15, 0.2) is 24.3 Å². The van der Waals surface area contributed by atoms with Gasteiger partial charge >= 0.3 is 12.3 Å². The van der Waals surface area contributed by atoms with Crippen LogP contribution < -0.4 is 10.1 Å². The lowest BCUT2D eigenvalue weighted by Gasteiger charge is -2.08. The number of carbonyl (C=O) groups is 1. The molecule has 0 radical (unpaired) electrons. The molecule has 1 rings (SSSR count). The molecule has 0 aliphatic heterocycles. The summed E-state index contributed by atoms with van der Waals surface area (Å²) in [5, 5.41) is 2.37. The maximum Gasteiger partial charge on any atom is 0.416 e. The van der Waals surface area contributed by atoms with E-state index in [-0.39, 0.29) is 25.5 Å². The summed E-state index contributed by atoms with van der Waals surface area (Å²) in [6.45, 7) is 1.93. The molecule has 4 nitrogen and oxygen atoms in total. The van der Waals surface area contributed by atoms with Crippen molar-refractivity contribution in [2.75, 3.05) is 19.8 Å². The van der Waals surface area contributed by atoms with Crippen LogP contribution in [0.4, 0.5) is 18.0 Å². The third-order valence-corrected chi connectivity index (χ3v) is 2.19. The Labute approximate surface area is 120 Å². The molecule has 1 N–H and O–H groups in total. The van der Waals surface area contributed by atoms with Crippen molar-refractivity contribution in [3.63, 3.8) is 0 Å². The smallest absolute Gasteiger partial charge is 0.416 e. The van der Waals surface area contributed by atoms with Crippen LogP contribution in [0.25, 0.3) is 0 Å². The van der Waals surface area contributed by atoms with Crippen LogP contribution in [0.3, 0.4) is 0 Å². The standard InChI is InChI=1S/C14H14F3NO3/c1-2-20-13(19)18-8-3-4-9-21-12-7-5-6-11(10-12)14(15,16)17/h5-7,10H,2,8-9H2,1H3,(H,18,19). The van der Waals surface area contributed by atoms with E-state index in [2.05, 4.69) is 21.9 Å². The summed E-state index contributed by atoms with van der Waals surface area (Å²) < 4.78 is 47.1. The summed E-state index contributed by atoms with van der Waals surface area (Å²) in [5.74, 6) is 5.23. The summed E-state index contributed by atoms with van der Waals surface area (Å²) in [6, 6.07) is 4.53. The molecular weight excluding hydrogens is 287 g/mol. The lowest BCUT2D eigenvalue weighted by atomic mass is 10.2. The molecule has 1 amide bonds. The molecule has 0 bridgehead atoms. The Kier molecular flexibility index (Phi) is 6.40. The predicted octanol–water partition coefficient (Wildman–Crippen LogP) is 2.83. The van der Waals surface area contributed by atoms with Gasteiger partial charge in [-0.3, -0.25) is 0 Å². The fourth-order valence-corrected chi connectivity index (χ4v) is 1.29. The zero-order chi connectivity index (χ0) is 15.7. The number of amides is 1. The van der Waals surface area contributed by atoms with Crippen molar-refractivity contribution < 1.29 is 27.4 Å². The quantitative estimate of drug-likeness (QED) is 0.870. The van der Waals surface area contributed by atoms with Gasteiger partial charge in [-0.25, -0.2) is 4.79 Å². The van der Waals surface area contributed by atoms with Crippen LogP contribution in [0.1, 0.15) is 12.5 Å². The SMILES string of the molecule is CCOC(=O)NCC#CCOc1cccc(C(F)(F)F)c1. The molecule has 0 aliphatic rings. The van der Waals surface area contributed by atoms with Crippen molar-refractivity contribution >= 4 is 6.09 Å². The Balaban J connectivity index is 2.38. The highest BCUT2D eigenvalue weighted by molar-refractivity contribution is 5.67. The van der Waals surface area contributed by atoms with E-state index in [1.807, 2.05) is 0 Å². The molecular formula is C14H14F3NO3. The molecule has 1 aromatic carbocycles. The van der Waals surface area contributed by atoms with Gasteiger partial charge in [0.1, 0.15) is 12.4 Å². The zero-order valence-electron chi connectivity index (χ0n) is 11.3. The first kappa shape index (κ1) is 16.7. The van der Waals surface area contributed by atoms with Crippen LogP contribution in [-0.2, 0) is 10.9 Å². The second kappa shape index (κ2) is 8.04. The molecule has 0 unspecified atom stereocenters. The Morgan fingerprint density at radius 3 is 2.76 bits per heavy atom. The van der Waals surface area contributed by atoms with Crippen LogP contribution in [0.5, 0.6) is 5.75 Å². The average molecular weight is 301 g/mol. The second-order valence-corrected chi connectivity index (χ2v) is 3.74. The molecule has 1 aromatic rings. The first-order valence-corrected chi connectivity index (χ1v) is 6.10. The van der Waals surface area contributed by atoms with Gasteiger partial charge in [-0.2, -0.15) is 13.2 Å². The molecule has 0 aliphatic carbocycles. The molecule has 21 heavy (non-hydrogen) atoms. The maximum absolute atomic E-state index is 12.5. The zero-order valence-corrected chi connectivity index (χ0v) is 11.3. The Morgan fingerprint density at radius 1 is 1.33 bits per heavy atom. The van der Waals surface area contributed by atoms with Crippen molar-refractivity contribution in [1.82, 2.24) is 5.32 Å². The third-order valence-electron chi connectivity index (χ3n) is 2.19. The highest BCUT2D eigenvalue weighted by atomic mass is 19.4. The number of hydrogen-bond donors (Lipinski definition) is 1. The van der Waals surface area contributed by atoms with E-state index in [0.29, 0.717) is 0 Å². The van der Waals surface area contributed by atoms with Gasteiger partial charge < -0.3 is 14.8 Å². The largest absolute Gasteiger partial charge is 0.481 e. The summed E-state index contributed by atoms with van der Waals surface area (Å²) in [7, 11) is 0. The second-order valence-electron chi connectivity index (χ2n) is 3.74. The minimum Gasteiger partial charge on any atom is -0.481 e. The monoisotopic (exact) mass is 301 g/mol. The number of hydrogen-bond acceptors (Lipinski definition) is 3. The number of nitrogens with one attached hydrogen (secondary N) is 1. The molecule has 0 aromatic heterocycles. The number of halogens is 3. The molecule has 0 spiro atoms. The Morgan fingerprint density at radius 2 is 2.10 bits per heavy atom. The number of rotatable bonds is 4. The average Bonchev–Trinajstić information content (AvgIpc) is 2.42. The molecule has 0 atom stereocenters. The van der Waals surface area contributed by atoms with Crippen molar-refractivity contribution in [3.05, 3.63) is 29.8 Å². The lowest BCUT2D eigenvalue weighted by Crippen LogP contribution is -2.24. The molecule has 0 saturated carbocycles. The number of benzene rings is 1. The number of alkyl carbamates (subject to hydrolysis) is 1. The highest BCUT2D eigenvalue weighted by Crippen LogP contribution is 2.31. The molecule has 7 heteroatoms. The number of alkyl halides is 3. The van der Waals surface area contributed by atoms with E-state index in [4.69, 9.17) is 4.74 Å². The number of ether oxygens (including phenoxy) is 2. The van der Waals surface area contributed by atoms with Gasteiger partial charge in [0.15, 0.2) is 0 Å². The minimum atomic E-state index is -4.41. The Bertz CT molecular complexity index is 532. The van der Waals surface area contributed by atoms with Crippen LogP contribution in [0.2, 0.25) is 0 Å². The summed E-state index contributed by atoms with van der Waals surface area (Å²) in [4.78, 5) is 10.9. The topological polar surface area (TPSA) is 47.6 Å². The van der Waals surface area contributed by atoms with Crippen molar-refractivity contribution in [1.29, 1.82) is 0 Å². The molecule has 0 heterocycles. The predicted molar refractivity (Wildman–Crippen MR) is 69.7 cm³/mol. The van der Waals surface area contributed by atoms with Crippen molar-refractivity contribution in [3.8, 4) is 17.6 Å². The van der Waals surface area contributed by atoms with Gasteiger partial charge in [-0.1, -0.05) is 17.9 Å². The summed E-state index contributed by atoms with van der Waals surface area (Å²) in [6.07, 6.45) is -4.99. The minimum absolute atomic E-state index is 0.0742. The molecule has 0 saturated heterocycles. The third kappa shape index (κ3) is 6.56. The lowest BCUT2D eigenvalue weighted by molar-refractivity contribution is -0.137. The van der Waals surface area contributed by atoms with E-state index in [9.17, 15) is 18.0 Å². The van der Waals surface area contributed by atoms with Crippen LogP contribution in [-0.4, -0.2) is 25.9 Å². The van der Waals surface area contributed by atoms with Crippen molar-refractivity contribution in [2.24, 2.45) is 0 Å². The summed E-state index contributed by atoms with van der Waals surface area (Å²) in [5.41, 5.74) is -0.781. The van der Waals surface area contributed by atoms with E-state index in [0.717, 1.165) is 12.1 Å². The maximum atomic E-state index is 12.5. The van der Waals surface area contributed by atoms with Gasteiger partial charge in [0, 0.05) is 0 Å². The van der Waals surface area contributed by atoms with Gasteiger partial charge in [-0.15, -0.1) is 0 Å². The van der Waals surface area contributed by atoms with Gasteiger partial charge in [0.2, 0.25) is 0 Å². The van der Waals surface area contributed by atoms with E-state index in [1.54, 1.807) is 6.92 Å². The van der Waals surface area contributed by atoms with E-state index >= 15 is 0 Å². The van der Waals surface area contributed by atoms with Gasteiger partial charge in [0.25, 0.3) is 0 Å². The fourth-order valence-electron chi connectivity index (χ4n) is 1.29. The number of carbonyl (C=O) groups excluding carboxylic acids is 1. The van der Waals surface area contributed by atoms with Crippen LogP contribution >= 0.6 is 0 Å². The van der Waals surface area contributed by atoms with Crippen molar-refractivity contribution in [2.45, 2.75) is 13.1 Å². The normalized spacial score (nSPS) is 10.3. The van der Waals surface area contributed by atoms with E-state index < -0.39 is 17.8 Å². The fraction of sp³-hybridized carbons (Fsp3) is 0.357. The Hall–Kier alpha value is -2.36.